The van der Waals surface area contributed by atoms with Crippen LogP contribution in [0.15, 0.2) is 320 Å². The lowest BCUT2D eigenvalue weighted by molar-refractivity contribution is 0.103. The van der Waals surface area contributed by atoms with Crippen molar-refractivity contribution in [2.24, 2.45) is 0 Å². The second kappa shape index (κ2) is 24.1. The first-order valence-corrected chi connectivity index (χ1v) is 38.4. The van der Waals surface area contributed by atoms with Gasteiger partial charge >= 0.3 is 0 Å². The summed E-state index contributed by atoms with van der Waals surface area (Å²) in [5.41, 5.74) is 15.2. The van der Waals surface area contributed by atoms with Crippen LogP contribution in [0.1, 0.15) is 103 Å². The van der Waals surface area contributed by atoms with Gasteiger partial charge in [0.1, 0.15) is 5.60 Å². The first-order valence-electron chi connectivity index (χ1n) is 37.0. The fourth-order valence-electron chi connectivity index (χ4n) is 18.4. The predicted octanol–water partition coefficient (Wildman–Crippen LogP) is 24.4. The van der Waals surface area contributed by atoms with Crippen LogP contribution < -0.4 is 0 Å². The lowest BCUT2D eigenvalue weighted by atomic mass is 9.57. The van der Waals surface area contributed by atoms with Gasteiger partial charge in [0.25, 0.3) is 10.1 Å². The normalized spacial score (nSPS) is 16.5. The van der Waals surface area contributed by atoms with E-state index < -0.39 is 15.7 Å². The average molecular weight is 1380 g/mol. The SMILES string of the molecule is CCCOCCOS(=O)(=O)c1ccc(C)cc1.OC12c3cc4cc5ccccc5cc4cc3C(c3cc4cc5ccccc5cc4cc31)c1cc3cc4ccccc4cc3cc12.c1ccc2cc3cc4c(cc3cc2c1)C1c2cc3cc5ccccc5cc3cc2C4c2cc3cc4ccccc4cc3cc21. The van der Waals surface area contributed by atoms with Crippen molar-refractivity contribution in [1.82, 2.24) is 0 Å². The molecular formula is C100H70O5S. The Balaban J connectivity index is 0.000000112. The lowest BCUT2D eigenvalue weighted by Gasteiger charge is -2.48. The summed E-state index contributed by atoms with van der Waals surface area (Å²) in [6, 6.07) is 115. The van der Waals surface area contributed by atoms with E-state index in [1.807, 2.05) is 13.8 Å². The van der Waals surface area contributed by atoms with Gasteiger partial charge in [-0.05, 0) is 367 Å². The molecule has 19 aromatic carbocycles. The van der Waals surface area contributed by atoms with Gasteiger partial charge in [0.15, 0.2) is 0 Å². The monoisotopic (exact) mass is 1380 g/mol. The average Bonchev–Trinajstić information content (AvgIpc) is 0.671. The third-order valence-corrected chi connectivity index (χ3v) is 24.8. The van der Waals surface area contributed by atoms with Crippen LogP contribution in [0.2, 0.25) is 0 Å². The molecule has 0 aliphatic heterocycles. The molecule has 5 nitrogen and oxygen atoms in total. The molecular weight excluding hydrogens is 1310 g/mol. The summed E-state index contributed by atoms with van der Waals surface area (Å²) in [5, 5.41) is 43.7. The largest absolute Gasteiger partial charge is 0.379 e. The Morgan fingerprint density at radius 2 is 0.491 bits per heavy atom. The molecule has 106 heavy (non-hydrogen) atoms. The quantitative estimate of drug-likeness (QED) is 0.0978. The third kappa shape index (κ3) is 10.0. The van der Waals surface area contributed by atoms with Crippen molar-refractivity contribution in [3.05, 3.63) is 388 Å². The summed E-state index contributed by atoms with van der Waals surface area (Å²) in [6.07, 6.45) is 0.907. The van der Waals surface area contributed by atoms with Crippen molar-refractivity contribution in [3.8, 4) is 0 Å². The van der Waals surface area contributed by atoms with E-state index in [-0.39, 0.29) is 29.3 Å². The molecule has 6 aliphatic carbocycles. The molecule has 0 atom stereocenters. The summed E-state index contributed by atoms with van der Waals surface area (Å²) in [6.45, 7) is 4.85. The van der Waals surface area contributed by atoms with E-state index in [0.717, 1.165) is 44.8 Å². The smallest absolute Gasteiger partial charge is 0.297 e. The molecule has 0 saturated heterocycles. The highest BCUT2D eigenvalue weighted by Crippen LogP contribution is 2.61. The fourth-order valence-corrected chi connectivity index (χ4v) is 19.3. The maximum atomic E-state index is 13.4. The maximum absolute atomic E-state index is 13.4. The Morgan fingerprint density at radius 3 is 0.726 bits per heavy atom. The van der Waals surface area contributed by atoms with Gasteiger partial charge in [-0.1, -0.05) is 170 Å². The summed E-state index contributed by atoms with van der Waals surface area (Å²) in [7, 11) is -3.64. The highest BCUT2D eigenvalue weighted by Gasteiger charge is 2.52. The van der Waals surface area contributed by atoms with Gasteiger partial charge in [0, 0.05) is 24.4 Å². The molecule has 1 N–H and O–H groups in total. The maximum Gasteiger partial charge on any atom is 0.297 e. The van der Waals surface area contributed by atoms with Crippen molar-refractivity contribution in [2.75, 3.05) is 19.8 Å². The summed E-state index contributed by atoms with van der Waals surface area (Å²) < 4.78 is 33.4. The van der Waals surface area contributed by atoms with E-state index in [2.05, 4.69) is 291 Å². The minimum atomic E-state index is -3.64. The summed E-state index contributed by atoms with van der Waals surface area (Å²) in [5.74, 6) is 0.451. The van der Waals surface area contributed by atoms with Crippen molar-refractivity contribution in [2.45, 2.75) is 48.5 Å². The highest BCUT2D eigenvalue weighted by molar-refractivity contribution is 7.86. The number of aliphatic hydroxyl groups is 1. The molecule has 0 saturated carbocycles. The molecule has 0 amide bonds. The molecule has 6 heteroatoms. The molecule has 19 aromatic rings. The van der Waals surface area contributed by atoms with E-state index >= 15 is 0 Å². The molecule has 4 bridgehead atoms. The Bertz CT molecular complexity index is 6320. The fraction of sp³-hybridized carbons (Fsp3) is 0.100. The van der Waals surface area contributed by atoms with Crippen molar-refractivity contribution in [1.29, 1.82) is 0 Å². The molecule has 0 spiro atoms. The first-order chi connectivity index (χ1) is 51.9. The van der Waals surface area contributed by atoms with Crippen LogP contribution >= 0.6 is 0 Å². The zero-order chi connectivity index (χ0) is 70.7. The molecule has 6 aliphatic rings. The Morgan fingerprint density at radius 1 is 0.274 bits per heavy atom. The Hall–Kier alpha value is -11.9. The summed E-state index contributed by atoms with van der Waals surface area (Å²) >= 11 is 0. The van der Waals surface area contributed by atoms with Crippen LogP contribution in [0.4, 0.5) is 0 Å². The molecule has 0 unspecified atom stereocenters. The van der Waals surface area contributed by atoms with Crippen LogP contribution in [-0.2, 0) is 24.6 Å². The highest BCUT2D eigenvalue weighted by atomic mass is 32.2. The topological polar surface area (TPSA) is 72.8 Å². The summed E-state index contributed by atoms with van der Waals surface area (Å²) in [4.78, 5) is 0.179. The van der Waals surface area contributed by atoms with E-state index in [9.17, 15) is 13.5 Å². The van der Waals surface area contributed by atoms with Crippen molar-refractivity contribution in [3.63, 3.8) is 0 Å². The predicted molar refractivity (Wildman–Crippen MR) is 439 cm³/mol. The van der Waals surface area contributed by atoms with Gasteiger partial charge in [0.05, 0.1) is 18.1 Å². The van der Waals surface area contributed by atoms with Crippen molar-refractivity contribution < 1.29 is 22.4 Å². The second-order valence-electron chi connectivity index (χ2n) is 29.8. The number of rotatable bonds is 7. The number of aryl methyl sites for hydroxylation is 1. The number of fused-ring (bicyclic) bond motifs is 12. The van der Waals surface area contributed by atoms with Crippen LogP contribution in [0.3, 0.4) is 0 Å². The zero-order valence-corrected chi connectivity index (χ0v) is 59.4. The van der Waals surface area contributed by atoms with E-state index in [1.165, 1.54) is 175 Å². The first kappa shape index (κ1) is 62.7. The number of hydrogen-bond acceptors (Lipinski definition) is 5. The van der Waals surface area contributed by atoms with Crippen LogP contribution in [0.5, 0.6) is 0 Å². The zero-order valence-electron chi connectivity index (χ0n) is 58.6. The van der Waals surface area contributed by atoms with Crippen LogP contribution in [0, 0.1) is 6.92 Å². The number of benzene rings is 19. The van der Waals surface area contributed by atoms with Gasteiger partial charge in [0.2, 0.25) is 0 Å². The molecule has 0 aromatic heterocycles. The van der Waals surface area contributed by atoms with Gasteiger partial charge in [-0.2, -0.15) is 8.42 Å². The molecule has 0 radical (unpaired) electrons. The van der Waals surface area contributed by atoms with Gasteiger partial charge in [-0.25, -0.2) is 0 Å². The number of ether oxygens (including phenoxy) is 1. The molecule has 0 fully saturated rings. The lowest BCUT2D eigenvalue weighted by Crippen LogP contribution is -2.42. The molecule has 506 valence electrons. The van der Waals surface area contributed by atoms with Crippen molar-refractivity contribution >= 4 is 139 Å². The second-order valence-corrected chi connectivity index (χ2v) is 31.4. The van der Waals surface area contributed by atoms with E-state index in [0.29, 0.717) is 13.2 Å². The Kier molecular flexibility index (Phi) is 14.2. The third-order valence-electron chi connectivity index (χ3n) is 23.4. The standard InChI is InChI=1S/C44H26O.C44H26.C12H18O4S/c45-44-40-22-34-16-28-10-4-1-7-25(28)13-31(34)19-37(40)43(38-20-32-14-26-8-2-5-11-29(26)17-35(32)23-41(38)44)39-21-33-15-27-9-3-6-12-30(27)18-36(33)24-42(39)44;1-2-8-26-14-32-20-38-37(19-31(32)13-25(26)7-1)43-39-21-33-15-27-9-3-5-11-29(27)17-35(33)23-41(39)44(38)42-24-36-18-30-12-6-4-10-28(30)16-34(36)22-40(42)43;1-3-8-15-9-10-16-17(13,14)12-6-4-11(2)5-7-12/h1-24,43,45H;1-24,43-44H;4-7H,3,8-10H2,1-2H3. The molecule has 25 rings (SSSR count). The van der Waals surface area contributed by atoms with E-state index in [4.69, 9.17) is 8.92 Å². The number of hydrogen-bond donors (Lipinski definition) is 1. The van der Waals surface area contributed by atoms with E-state index in [1.54, 1.807) is 12.1 Å². The minimum absolute atomic E-state index is 0.0293. The van der Waals surface area contributed by atoms with Gasteiger partial charge in [-0.3, -0.25) is 4.18 Å². The van der Waals surface area contributed by atoms with Gasteiger partial charge in [-0.15, -0.1) is 0 Å². The van der Waals surface area contributed by atoms with Crippen LogP contribution in [-0.4, -0.2) is 33.3 Å². The Labute approximate surface area is 613 Å². The molecule has 0 heterocycles. The van der Waals surface area contributed by atoms with Crippen LogP contribution in [0.25, 0.3) is 129 Å². The van der Waals surface area contributed by atoms with Gasteiger partial charge < -0.3 is 9.84 Å². The minimum Gasteiger partial charge on any atom is -0.379 e.